The van der Waals surface area contributed by atoms with Crippen LogP contribution in [0.2, 0.25) is 0 Å². The number of hydrogen-bond donors (Lipinski definition) is 2. The number of anilines is 1. The van der Waals surface area contributed by atoms with Crippen molar-refractivity contribution in [1.29, 1.82) is 0 Å². The first kappa shape index (κ1) is 12.9. The molecule has 1 rings (SSSR count). The molecule has 1 aromatic carbocycles. The lowest BCUT2D eigenvalue weighted by atomic mass is 10.3. The minimum Gasteiger partial charge on any atom is -0.458 e. The summed E-state index contributed by atoms with van der Waals surface area (Å²) in [6, 6.07) is 6.12. The highest BCUT2D eigenvalue weighted by Gasteiger charge is 2.12. The van der Waals surface area contributed by atoms with Crippen molar-refractivity contribution in [3.05, 3.63) is 34.4 Å². The molecule has 0 fully saturated rings. The molecule has 7 nitrogen and oxygen atoms in total. The third kappa shape index (κ3) is 4.94. The minimum atomic E-state index is -1.49. The number of hydrogen-bond acceptors (Lipinski definition) is 5. The number of nitrogens with zero attached hydrogens (tertiary/aromatic N) is 1. The van der Waals surface area contributed by atoms with Crippen LogP contribution in [0.15, 0.2) is 24.3 Å². The van der Waals surface area contributed by atoms with E-state index in [4.69, 9.17) is 9.84 Å². The van der Waals surface area contributed by atoms with Gasteiger partial charge in [0.2, 0.25) is 5.91 Å². The van der Waals surface area contributed by atoms with Gasteiger partial charge in [-0.3, -0.25) is 14.9 Å². The molecule has 92 valence electrons. The van der Waals surface area contributed by atoms with Crippen LogP contribution in [0.3, 0.4) is 0 Å². The number of aliphatic hydroxyl groups excluding tert-OH is 1. The highest BCUT2D eigenvalue weighted by Crippen LogP contribution is 2.16. The predicted molar refractivity (Wildman–Crippen MR) is 59.2 cm³/mol. The van der Waals surface area contributed by atoms with Crippen LogP contribution in [0, 0.1) is 10.1 Å². The molecular formula is C10H12N2O5. The standard InChI is InChI=1S/C10H12N2O5/c1-7(13)11-8-2-4-9(5-3-8)17-10(14)6-12(15)16/h2-5,10,14H,6H2,1H3,(H,11,13). The van der Waals surface area contributed by atoms with Gasteiger partial charge in [-0.1, -0.05) is 0 Å². The normalized spacial score (nSPS) is 11.6. The lowest BCUT2D eigenvalue weighted by Crippen LogP contribution is -2.25. The second kappa shape index (κ2) is 5.80. The van der Waals surface area contributed by atoms with Gasteiger partial charge < -0.3 is 15.2 Å². The summed E-state index contributed by atoms with van der Waals surface area (Å²) in [5.41, 5.74) is 0.577. The lowest BCUT2D eigenvalue weighted by molar-refractivity contribution is -0.499. The Bertz CT molecular complexity index is 404. The van der Waals surface area contributed by atoms with E-state index < -0.39 is 17.8 Å². The quantitative estimate of drug-likeness (QED) is 0.446. The molecule has 0 aromatic heterocycles. The second-order valence-corrected chi connectivity index (χ2v) is 3.29. The van der Waals surface area contributed by atoms with Gasteiger partial charge in [-0.2, -0.15) is 0 Å². The topological polar surface area (TPSA) is 102 Å². The highest BCUT2D eigenvalue weighted by molar-refractivity contribution is 5.88. The molecule has 0 heterocycles. The summed E-state index contributed by atoms with van der Waals surface area (Å²) in [6.45, 7) is 0.693. The first-order chi connectivity index (χ1) is 7.97. The van der Waals surface area contributed by atoms with Crippen molar-refractivity contribution >= 4 is 11.6 Å². The Balaban J connectivity index is 2.56. The van der Waals surface area contributed by atoms with E-state index in [1.807, 2.05) is 0 Å². The van der Waals surface area contributed by atoms with Gasteiger partial charge in [0.05, 0.1) is 0 Å². The highest BCUT2D eigenvalue weighted by atomic mass is 16.6. The monoisotopic (exact) mass is 240 g/mol. The van der Waals surface area contributed by atoms with E-state index in [1.54, 1.807) is 12.1 Å². The van der Waals surface area contributed by atoms with E-state index in [0.717, 1.165) is 0 Å². The van der Waals surface area contributed by atoms with Crippen molar-refractivity contribution < 1.29 is 19.6 Å². The Morgan fingerprint density at radius 3 is 2.59 bits per heavy atom. The van der Waals surface area contributed by atoms with Crippen molar-refractivity contribution in [2.45, 2.75) is 13.2 Å². The number of rotatable bonds is 5. The molecule has 0 saturated heterocycles. The van der Waals surface area contributed by atoms with Crippen molar-refractivity contribution in [2.24, 2.45) is 0 Å². The molecule has 1 unspecified atom stereocenters. The Hall–Kier alpha value is -2.15. The molecule has 0 radical (unpaired) electrons. The maximum Gasteiger partial charge on any atom is 0.265 e. The molecule has 0 aliphatic heterocycles. The van der Waals surface area contributed by atoms with Gasteiger partial charge in [-0.05, 0) is 24.3 Å². The zero-order valence-electron chi connectivity index (χ0n) is 9.12. The second-order valence-electron chi connectivity index (χ2n) is 3.29. The number of benzene rings is 1. The number of ether oxygens (including phenoxy) is 1. The first-order valence-corrected chi connectivity index (χ1v) is 4.81. The van der Waals surface area contributed by atoms with Gasteiger partial charge in [-0.25, -0.2) is 0 Å². The molecular weight excluding hydrogens is 228 g/mol. The molecule has 0 bridgehead atoms. The van der Waals surface area contributed by atoms with Gasteiger partial charge >= 0.3 is 0 Å². The number of nitrogens with one attached hydrogen (secondary N) is 1. The van der Waals surface area contributed by atoms with E-state index in [0.29, 0.717) is 5.69 Å². The SMILES string of the molecule is CC(=O)Nc1ccc(OC(O)C[N+](=O)[O-])cc1. The summed E-state index contributed by atoms with van der Waals surface area (Å²) in [5, 5.41) is 21.8. The fraction of sp³-hybridized carbons (Fsp3) is 0.300. The third-order valence-corrected chi connectivity index (χ3v) is 1.75. The van der Waals surface area contributed by atoms with E-state index in [1.165, 1.54) is 19.1 Å². The number of amides is 1. The molecule has 0 spiro atoms. The maximum atomic E-state index is 10.7. The predicted octanol–water partition coefficient (Wildman–Crippen LogP) is 0.619. The van der Waals surface area contributed by atoms with Gasteiger partial charge in [0.15, 0.2) is 0 Å². The molecule has 0 saturated carbocycles. The van der Waals surface area contributed by atoms with Gasteiger partial charge in [0.1, 0.15) is 5.75 Å². The van der Waals surface area contributed by atoms with Gasteiger partial charge in [-0.15, -0.1) is 0 Å². The van der Waals surface area contributed by atoms with Crippen molar-refractivity contribution in [1.82, 2.24) is 0 Å². The Labute approximate surface area is 97.2 Å². The summed E-state index contributed by atoms with van der Waals surface area (Å²) in [4.78, 5) is 20.2. The summed E-state index contributed by atoms with van der Waals surface area (Å²) in [5.74, 6) is 0.0838. The average Bonchev–Trinajstić information content (AvgIpc) is 2.18. The fourth-order valence-electron chi connectivity index (χ4n) is 1.14. The van der Waals surface area contributed by atoms with Crippen molar-refractivity contribution in [2.75, 3.05) is 11.9 Å². The summed E-state index contributed by atoms with van der Waals surface area (Å²) in [6.07, 6.45) is -1.49. The Morgan fingerprint density at radius 1 is 1.53 bits per heavy atom. The van der Waals surface area contributed by atoms with Crippen LogP contribution in [-0.2, 0) is 4.79 Å². The van der Waals surface area contributed by atoms with E-state index in [-0.39, 0.29) is 11.7 Å². The molecule has 1 atom stereocenters. The van der Waals surface area contributed by atoms with Crippen LogP contribution in [0.4, 0.5) is 5.69 Å². The number of nitro groups is 1. The van der Waals surface area contributed by atoms with Crippen LogP contribution in [0.5, 0.6) is 5.75 Å². The number of carbonyl (C=O) groups excluding carboxylic acids is 1. The zero-order chi connectivity index (χ0) is 12.8. The first-order valence-electron chi connectivity index (χ1n) is 4.81. The molecule has 1 aromatic rings. The van der Waals surface area contributed by atoms with E-state index in [2.05, 4.69) is 5.32 Å². The van der Waals surface area contributed by atoms with Crippen molar-refractivity contribution in [3.8, 4) is 5.75 Å². The van der Waals surface area contributed by atoms with E-state index >= 15 is 0 Å². The largest absolute Gasteiger partial charge is 0.458 e. The third-order valence-electron chi connectivity index (χ3n) is 1.75. The molecule has 1 amide bonds. The van der Waals surface area contributed by atoms with Crippen LogP contribution in [0.1, 0.15) is 6.92 Å². The Kier molecular flexibility index (Phi) is 4.41. The van der Waals surface area contributed by atoms with Gasteiger partial charge in [0, 0.05) is 17.5 Å². The Morgan fingerprint density at radius 2 is 2.12 bits per heavy atom. The van der Waals surface area contributed by atoms with Gasteiger partial charge in [0.25, 0.3) is 12.8 Å². The molecule has 0 aliphatic rings. The van der Waals surface area contributed by atoms with Crippen molar-refractivity contribution in [3.63, 3.8) is 0 Å². The fourth-order valence-corrected chi connectivity index (χ4v) is 1.14. The number of aliphatic hydroxyl groups is 1. The molecule has 0 aliphatic carbocycles. The van der Waals surface area contributed by atoms with Crippen LogP contribution in [-0.4, -0.2) is 28.8 Å². The summed E-state index contributed by atoms with van der Waals surface area (Å²) < 4.78 is 4.89. The summed E-state index contributed by atoms with van der Waals surface area (Å²) in [7, 11) is 0. The lowest BCUT2D eigenvalue weighted by Gasteiger charge is -2.10. The molecule has 7 heteroatoms. The van der Waals surface area contributed by atoms with Crippen LogP contribution < -0.4 is 10.1 Å². The van der Waals surface area contributed by atoms with Crippen LogP contribution in [0.25, 0.3) is 0 Å². The summed E-state index contributed by atoms with van der Waals surface area (Å²) >= 11 is 0. The smallest absolute Gasteiger partial charge is 0.265 e. The minimum absolute atomic E-state index is 0.202. The van der Waals surface area contributed by atoms with Crippen LogP contribution >= 0.6 is 0 Å². The molecule has 17 heavy (non-hydrogen) atoms. The zero-order valence-corrected chi connectivity index (χ0v) is 9.12. The average molecular weight is 240 g/mol. The molecule has 2 N–H and O–H groups in total. The van der Waals surface area contributed by atoms with E-state index in [9.17, 15) is 14.9 Å². The maximum absolute atomic E-state index is 10.7. The number of carbonyl (C=O) groups is 1.